The van der Waals surface area contributed by atoms with E-state index >= 15 is 0 Å². The molecule has 0 amide bonds. The number of hydrogen-bond acceptors (Lipinski definition) is 3. The van der Waals surface area contributed by atoms with Crippen LogP contribution in [0, 0.1) is 0 Å². The van der Waals surface area contributed by atoms with Crippen molar-refractivity contribution >= 4 is 11.6 Å². The smallest absolute Gasteiger partial charge is 0.229 e. The Hall–Kier alpha value is -1.35. The van der Waals surface area contributed by atoms with Crippen molar-refractivity contribution in [2.24, 2.45) is 0 Å². The predicted molar refractivity (Wildman–Crippen MR) is 44.7 cm³/mol. The van der Waals surface area contributed by atoms with Gasteiger partial charge in [-0.3, -0.25) is 4.98 Å². The van der Waals surface area contributed by atoms with Gasteiger partial charge < -0.3 is 4.42 Å². The molecule has 0 aromatic carbocycles. The summed E-state index contributed by atoms with van der Waals surface area (Å²) in [6.45, 7) is 0. The topological polar surface area (TPSA) is 38.9 Å². The van der Waals surface area contributed by atoms with E-state index in [1.807, 2.05) is 12.1 Å². The summed E-state index contributed by atoms with van der Waals surface area (Å²) in [7, 11) is 0. The summed E-state index contributed by atoms with van der Waals surface area (Å²) in [5.74, 6) is 0.494. The molecule has 0 saturated heterocycles. The van der Waals surface area contributed by atoms with Gasteiger partial charge in [-0.1, -0.05) is 0 Å². The molecule has 2 aromatic heterocycles. The van der Waals surface area contributed by atoms with E-state index in [2.05, 4.69) is 9.97 Å². The van der Waals surface area contributed by atoms with Crippen molar-refractivity contribution in [3.8, 4) is 11.5 Å². The van der Waals surface area contributed by atoms with Gasteiger partial charge in [0.05, 0.1) is 11.8 Å². The SMILES string of the molecule is Clc1cnc(-c2cccnc2)o1. The van der Waals surface area contributed by atoms with Crippen molar-refractivity contribution in [1.29, 1.82) is 0 Å². The molecule has 3 nitrogen and oxygen atoms in total. The standard InChI is InChI=1S/C8H5ClN2O/c9-7-5-11-8(12-7)6-2-1-3-10-4-6/h1-5H. The highest BCUT2D eigenvalue weighted by molar-refractivity contribution is 6.28. The fourth-order valence-corrected chi connectivity index (χ4v) is 0.999. The summed E-state index contributed by atoms with van der Waals surface area (Å²) in [5, 5.41) is 0.286. The van der Waals surface area contributed by atoms with Crippen LogP contribution in [0.25, 0.3) is 11.5 Å². The van der Waals surface area contributed by atoms with Crippen LogP contribution in [0.3, 0.4) is 0 Å². The number of halogens is 1. The molecular weight excluding hydrogens is 176 g/mol. The van der Waals surface area contributed by atoms with E-state index in [1.165, 1.54) is 6.20 Å². The summed E-state index contributed by atoms with van der Waals surface area (Å²) in [5.41, 5.74) is 0.824. The molecule has 4 heteroatoms. The van der Waals surface area contributed by atoms with E-state index in [4.69, 9.17) is 16.0 Å². The van der Waals surface area contributed by atoms with Gasteiger partial charge in [-0.15, -0.1) is 0 Å². The van der Waals surface area contributed by atoms with E-state index in [0.29, 0.717) is 5.89 Å². The van der Waals surface area contributed by atoms with Crippen molar-refractivity contribution in [3.63, 3.8) is 0 Å². The second kappa shape index (κ2) is 2.95. The molecule has 0 radical (unpaired) electrons. The van der Waals surface area contributed by atoms with E-state index in [-0.39, 0.29) is 5.22 Å². The molecule has 0 bridgehead atoms. The normalized spacial score (nSPS) is 10.1. The zero-order valence-corrected chi connectivity index (χ0v) is 6.82. The molecule has 2 aromatic rings. The van der Waals surface area contributed by atoms with Crippen molar-refractivity contribution < 1.29 is 4.42 Å². The molecule has 2 heterocycles. The Labute approximate surface area is 74.0 Å². The van der Waals surface area contributed by atoms with Gasteiger partial charge in [0, 0.05) is 12.4 Å². The largest absolute Gasteiger partial charge is 0.425 e. The first kappa shape index (κ1) is 7.31. The molecule has 0 unspecified atom stereocenters. The van der Waals surface area contributed by atoms with Crippen LogP contribution in [0.15, 0.2) is 35.1 Å². The van der Waals surface area contributed by atoms with Gasteiger partial charge in [0.25, 0.3) is 0 Å². The van der Waals surface area contributed by atoms with Gasteiger partial charge in [-0.2, -0.15) is 0 Å². The first-order valence-electron chi connectivity index (χ1n) is 3.38. The van der Waals surface area contributed by atoms with Crippen LogP contribution in [-0.2, 0) is 0 Å². The maximum atomic E-state index is 5.56. The third-order valence-corrected chi connectivity index (χ3v) is 1.56. The second-order valence-electron chi connectivity index (χ2n) is 2.21. The van der Waals surface area contributed by atoms with Crippen LogP contribution >= 0.6 is 11.6 Å². The number of aromatic nitrogens is 2. The van der Waals surface area contributed by atoms with Gasteiger partial charge in [-0.05, 0) is 23.7 Å². The molecule has 2 rings (SSSR count). The Morgan fingerprint density at radius 3 is 2.83 bits per heavy atom. The summed E-state index contributed by atoms with van der Waals surface area (Å²) < 4.78 is 5.08. The molecule has 0 aliphatic carbocycles. The highest BCUT2D eigenvalue weighted by atomic mass is 35.5. The predicted octanol–water partition coefficient (Wildman–Crippen LogP) is 2.39. The molecule has 0 spiro atoms. The highest BCUT2D eigenvalue weighted by Crippen LogP contribution is 2.19. The lowest BCUT2D eigenvalue weighted by Crippen LogP contribution is -1.76. The van der Waals surface area contributed by atoms with Crippen LogP contribution in [0.2, 0.25) is 5.22 Å². The number of hydrogen-bond donors (Lipinski definition) is 0. The fraction of sp³-hybridized carbons (Fsp3) is 0. The molecule has 0 aliphatic rings. The number of rotatable bonds is 1. The van der Waals surface area contributed by atoms with E-state index < -0.39 is 0 Å². The molecule has 0 fully saturated rings. The summed E-state index contributed by atoms with van der Waals surface area (Å²) in [4.78, 5) is 7.87. The van der Waals surface area contributed by atoms with E-state index in [9.17, 15) is 0 Å². The van der Waals surface area contributed by atoms with Crippen molar-refractivity contribution in [2.45, 2.75) is 0 Å². The average Bonchev–Trinajstić information content (AvgIpc) is 2.54. The highest BCUT2D eigenvalue weighted by Gasteiger charge is 2.03. The molecule has 0 atom stereocenters. The molecule has 0 aliphatic heterocycles. The lowest BCUT2D eigenvalue weighted by Gasteiger charge is -1.90. The number of oxazole rings is 1. The Morgan fingerprint density at radius 2 is 2.25 bits per heavy atom. The van der Waals surface area contributed by atoms with E-state index in [0.717, 1.165) is 5.56 Å². The second-order valence-corrected chi connectivity index (χ2v) is 2.58. The lowest BCUT2D eigenvalue weighted by molar-refractivity contribution is 0.576. The summed E-state index contributed by atoms with van der Waals surface area (Å²) in [6, 6.07) is 3.67. The van der Waals surface area contributed by atoms with Crippen LogP contribution < -0.4 is 0 Å². The maximum absolute atomic E-state index is 5.56. The van der Waals surface area contributed by atoms with Crippen LogP contribution in [0.5, 0.6) is 0 Å². The van der Waals surface area contributed by atoms with Crippen LogP contribution in [-0.4, -0.2) is 9.97 Å². The average molecular weight is 181 g/mol. The number of nitrogens with zero attached hydrogens (tertiary/aromatic N) is 2. The molecule has 0 saturated carbocycles. The molecular formula is C8H5ClN2O. The van der Waals surface area contributed by atoms with Gasteiger partial charge in [0.2, 0.25) is 11.1 Å². The van der Waals surface area contributed by atoms with Crippen molar-refractivity contribution in [2.75, 3.05) is 0 Å². The fourth-order valence-electron chi connectivity index (χ4n) is 0.877. The quantitative estimate of drug-likeness (QED) is 0.677. The minimum absolute atomic E-state index is 0.286. The minimum Gasteiger partial charge on any atom is -0.425 e. The lowest BCUT2D eigenvalue weighted by atomic mass is 10.3. The van der Waals surface area contributed by atoms with Crippen LogP contribution in [0.4, 0.5) is 0 Å². The zero-order valence-electron chi connectivity index (χ0n) is 6.07. The Balaban J connectivity index is 2.45. The Bertz CT molecular complexity index is 372. The maximum Gasteiger partial charge on any atom is 0.229 e. The first-order chi connectivity index (χ1) is 5.86. The monoisotopic (exact) mass is 180 g/mol. The van der Waals surface area contributed by atoms with Crippen LogP contribution in [0.1, 0.15) is 0 Å². The summed E-state index contributed by atoms with van der Waals surface area (Å²) >= 11 is 5.56. The molecule has 60 valence electrons. The molecule has 0 N–H and O–H groups in total. The van der Waals surface area contributed by atoms with Gasteiger partial charge in [-0.25, -0.2) is 4.98 Å². The van der Waals surface area contributed by atoms with E-state index in [1.54, 1.807) is 12.4 Å². The third kappa shape index (κ3) is 1.31. The Kier molecular flexibility index (Phi) is 1.80. The third-order valence-electron chi connectivity index (χ3n) is 1.39. The van der Waals surface area contributed by atoms with Crippen molar-refractivity contribution in [1.82, 2.24) is 9.97 Å². The summed E-state index contributed by atoms with van der Waals surface area (Å²) in [6.07, 6.45) is 4.82. The van der Waals surface area contributed by atoms with Gasteiger partial charge in [0.15, 0.2) is 0 Å². The Morgan fingerprint density at radius 1 is 1.33 bits per heavy atom. The zero-order chi connectivity index (χ0) is 8.39. The van der Waals surface area contributed by atoms with Crippen molar-refractivity contribution in [3.05, 3.63) is 35.9 Å². The molecule has 12 heavy (non-hydrogen) atoms. The minimum atomic E-state index is 0.286. The number of pyridine rings is 1. The van der Waals surface area contributed by atoms with Gasteiger partial charge >= 0.3 is 0 Å². The van der Waals surface area contributed by atoms with Gasteiger partial charge in [0.1, 0.15) is 0 Å². The first-order valence-corrected chi connectivity index (χ1v) is 3.76.